The van der Waals surface area contributed by atoms with E-state index in [1.165, 1.54) is 12.1 Å². The maximum absolute atomic E-state index is 13.3. The van der Waals surface area contributed by atoms with Crippen LogP contribution in [0.25, 0.3) is 11.0 Å². The summed E-state index contributed by atoms with van der Waals surface area (Å²) in [4.78, 5) is 6.39. The summed E-state index contributed by atoms with van der Waals surface area (Å²) in [7, 11) is 0. The van der Waals surface area contributed by atoms with Gasteiger partial charge in [0, 0.05) is 25.7 Å². The molecular formula is C14H20FN3O2. The number of hydrogen-bond acceptors (Lipinski definition) is 4. The number of fused-ring (bicyclic) bond motifs is 1. The molecule has 0 radical (unpaired) electrons. The number of aliphatic hydroxyl groups is 2. The monoisotopic (exact) mass is 281 g/mol. The molecule has 1 aromatic heterocycles. The summed E-state index contributed by atoms with van der Waals surface area (Å²) in [6, 6.07) is 4.58. The van der Waals surface area contributed by atoms with Crippen molar-refractivity contribution in [1.29, 1.82) is 0 Å². The van der Waals surface area contributed by atoms with E-state index >= 15 is 0 Å². The average molecular weight is 281 g/mol. The van der Waals surface area contributed by atoms with E-state index in [9.17, 15) is 4.39 Å². The van der Waals surface area contributed by atoms with Gasteiger partial charge in [-0.25, -0.2) is 9.37 Å². The SMILES string of the molecule is CCn1c(CN(CCO)CCO)nc2cc(F)ccc21. The standard InChI is InChI=1S/C14H20FN3O2/c1-2-18-13-4-3-11(15)9-12(13)16-14(18)10-17(5-7-19)6-8-20/h3-4,9,19-20H,2,5-8,10H2,1H3. The Morgan fingerprint density at radius 3 is 2.55 bits per heavy atom. The number of halogens is 1. The van der Waals surface area contributed by atoms with Crippen molar-refractivity contribution in [1.82, 2.24) is 14.5 Å². The lowest BCUT2D eigenvalue weighted by Crippen LogP contribution is -2.30. The molecule has 2 rings (SSSR count). The Hall–Kier alpha value is -1.50. The van der Waals surface area contributed by atoms with E-state index < -0.39 is 0 Å². The first-order valence-corrected chi connectivity index (χ1v) is 6.78. The molecule has 0 saturated carbocycles. The molecule has 6 heteroatoms. The molecular weight excluding hydrogens is 261 g/mol. The van der Waals surface area contributed by atoms with Crippen molar-refractivity contribution in [3.63, 3.8) is 0 Å². The lowest BCUT2D eigenvalue weighted by molar-refractivity contribution is 0.152. The molecule has 0 amide bonds. The molecule has 2 aromatic rings. The molecule has 0 fully saturated rings. The second-order valence-electron chi connectivity index (χ2n) is 4.63. The first kappa shape index (κ1) is 14.9. The molecule has 5 nitrogen and oxygen atoms in total. The van der Waals surface area contributed by atoms with Crippen molar-refractivity contribution in [2.75, 3.05) is 26.3 Å². The first-order chi connectivity index (χ1) is 9.69. The lowest BCUT2D eigenvalue weighted by Gasteiger charge is -2.20. The Balaban J connectivity index is 2.32. The van der Waals surface area contributed by atoms with Crippen molar-refractivity contribution in [2.45, 2.75) is 20.0 Å². The largest absolute Gasteiger partial charge is 0.395 e. The normalized spacial score (nSPS) is 11.7. The molecule has 0 aliphatic rings. The highest BCUT2D eigenvalue weighted by Gasteiger charge is 2.13. The molecule has 0 bridgehead atoms. The molecule has 0 spiro atoms. The van der Waals surface area contributed by atoms with Gasteiger partial charge in [0.25, 0.3) is 0 Å². The number of aromatic nitrogens is 2. The van der Waals surface area contributed by atoms with E-state index in [1.807, 2.05) is 16.4 Å². The third-order valence-electron chi connectivity index (χ3n) is 3.30. The van der Waals surface area contributed by atoms with E-state index in [1.54, 1.807) is 6.07 Å². The van der Waals surface area contributed by atoms with Gasteiger partial charge >= 0.3 is 0 Å². The third-order valence-corrected chi connectivity index (χ3v) is 3.30. The number of aliphatic hydroxyl groups excluding tert-OH is 2. The van der Waals surface area contributed by atoms with Gasteiger partial charge < -0.3 is 14.8 Å². The average Bonchev–Trinajstić information content (AvgIpc) is 2.75. The van der Waals surface area contributed by atoms with Gasteiger partial charge in [-0.2, -0.15) is 0 Å². The van der Waals surface area contributed by atoms with Crippen LogP contribution in [-0.4, -0.2) is 51.0 Å². The van der Waals surface area contributed by atoms with Crippen LogP contribution in [0.2, 0.25) is 0 Å². The summed E-state index contributed by atoms with van der Waals surface area (Å²) in [6.07, 6.45) is 0. The molecule has 20 heavy (non-hydrogen) atoms. The van der Waals surface area contributed by atoms with Crippen LogP contribution >= 0.6 is 0 Å². The lowest BCUT2D eigenvalue weighted by atomic mass is 10.3. The van der Waals surface area contributed by atoms with Crippen LogP contribution in [0.15, 0.2) is 18.2 Å². The fourth-order valence-corrected chi connectivity index (χ4v) is 2.38. The molecule has 0 aliphatic heterocycles. The van der Waals surface area contributed by atoms with Crippen LogP contribution < -0.4 is 0 Å². The Morgan fingerprint density at radius 1 is 1.25 bits per heavy atom. The van der Waals surface area contributed by atoms with Crippen molar-refractivity contribution in [3.8, 4) is 0 Å². The Bertz CT molecular complexity index is 565. The minimum atomic E-state index is -0.299. The molecule has 1 heterocycles. The predicted molar refractivity (Wildman–Crippen MR) is 74.8 cm³/mol. The van der Waals surface area contributed by atoms with E-state index in [4.69, 9.17) is 10.2 Å². The molecule has 0 saturated heterocycles. The van der Waals surface area contributed by atoms with Gasteiger partial charge in [0.1, 0.15) is 11.6 Å². The summed E-state index contributed by atoms with van der Waals surface area (Å²) >= 11 is 0. The maximum Gasteiger partial charge on any atom is 0.125 e. The fraction of sp³-hybridized carbons (Fsp3) is 0.500. The topological polar surface area (TPSA) is 61.5 Å². The van der Waals surface area contributed by atoms with E-state index in [-0.39, 0.29) is 19.0 Å². The highest BCUT2D eigenvalue weighted by Crippen LogP contribution is 2.18. The quantitative estimate of drug-likeness (QED) is 0.794. The van der Waals surface area contributed by atoms with Gasteiger partial charge in [0.2, 0.25) is 0 Å². The van der Waals surface area contributed by atoms with Crippen molar-refractivity contribution < 1.29 is 14.6 Å². The van der Waals surface area contributed by atoms with Crippen molar-refractivity contribution in [2.24, 2.45) is 0 Å². The van der Waals surface area contributed by atoms with Crippen LogP contribution in [-0.2, 0) is 13.1 Å². The van der Waals surface area contributed by atoms with E-state index in [0.717, 1.165) is 17.9 Å². The molecule has 2 N–H and O–H groups in total. The first-order valence-electron chi connectivity index (χ1n) is 6.78. The highest BCUT2D eigenvalue weighted by molar-refractivity contribution is 5.76. The summed E-state index contributed by atoms with van der Waals surface area (Å²) in [6.45, 7) is 4.27. The number of aryl methyl sites for hydroxylation is 1. The molecule has 0 unspecified atom stereocenters. The van der Waals surface area contributed by atoms with Crippen LogP contribution in [0.3, 0.4) is 0 Å². The summed E-state index contributed by atoms with van der Waals surface area (Å²) in [5, 5.41) is 18.1. The van der Waals surface area contributed by atoms with Gasteiger partial charge in [-0.3, -0.25) is 4.90 Å². The summed E-state index contributed by atoms with van der Waals surface area (Å²) in [5.74, 6) is 0.516. The van der Waals surface area contributed by atoms with Crippen LogP contribution in [0, 0.1) is 5.82 Å². The second-order valence-corrected chi connectivity index (χ2v) is 4.63. The zero-order valence-corrected chi connectivity index (χ0v) is 11.6. The van der Waals surface area contributed by atoms with Crippen LogP contribution in [0.5, 0.6) is 0 Å². The van der Waals surface area contributed by atoms with Gasteiger partial charge in [0.15, 0.2) is 0 Å². The molecule has 1 aromatic carbocycles. The fourth-order valence-electron chi connectivity index (χ4n) is 2.38. The van der Waals surface area contributed by atoms with Crippen molar-refractivity contribution in [3.05, 3.63) is 29.8 Å². The van der Waals surface area contributed by atoms with E-state index in [2.05, 4.69) is 4.98 Å². The summed E-state index contributed by atoms with van der Waals surface area (Å²) in [5.41, 5.74) is 1.53. The van der Waals surface area contributed by atoms with Gasteiger partial charge in [0.05, 0.1) is 30.8 Å². The molecule has 0 aliphatic carbocycles. The molecule has 0 atom stereocenters. The number of hydrogen-bond donors (Lipinski definition) is 2. The Morgan fingerprint density at radius 2 is 1.95 bits per heavy atom. The highest BCUT2D eigenvalue weighted by atomic mass is 19.1. The van der Waals surface area contributed by atoms with Crippen LogP contribution in [0.1, 0.15) is 12.7 Å². The zero-order chi connectivity index (χ0) is 14.5. The predicted octanol–water partition coefficient (Wildman–Crippen LogP) is 0.982. The van der Waals surface area contributed by atoms with Gasteiger partial charge in [-0.1, -0.05) is 0 Å². The zero-order valence-electron chi connectivity index (χ0n) is 11.6. The van der Waals surface area contributed by atoms with Crippen LogP contribution in [0.4, 0.5) is 4.39 Å². The van der Waals surface area contributed by atoms with Crippen molar-refractivity contribution >= 4 is 11.0 Å². The van der Waals surface area contributed by atoms with Gasteiger partial charge in [-0.05, 0) is 19.1 Å². The maximum atomic E-state index is 13.3. The minimum Gasteiger partial charge on any atom is -0.395 e. The molecule has 110 valence electrons. The summed E-state index contributed by atoms with van der Waals surface area (Å²) < 4.78 is 15.3. The van der Waals surface area contributed by atoms with Gasteiger partial charge in [-0.15, -0.1) is 0 Å². The Labute approximate surface area is 117 Å². The number of benzene rings is 1. The number of rotatable bonds is 7. The second kappa shape index (κ2) is 6.78. The van der Waals surface area contributed by atoms with E-state index in [0.29, 0.717) is 25.2 Å². The third kappa shape index (κ3) is 3.15. The Kier molecular flexibility index (Phi) is 5.05. The number of imidazole rings is 1. The minimum absolute atomic E-state index is 0.0288. The smallest absolute Gasteiger partial charge is 0.125 e. The number of nitrogens with zero attached hydrogens (tertiary/aromatic N) is 3.